The fraction of sp³-hybridized carbons (Fsp3) is 0.375. The summed E-state index contributed by atoms with van der Waals surface area (Å²) in [6, 6.07) is 8.75. The summed E-state index contributed by atoms with van der Waals surface area (Å²) in [5, 5.41) is 5.56. The van der Waals surface area contributed by atoms with Crippen molar-refractivity contribution in [2.24, 2.45) is 0 Å². The van der Waals surface area contributed by atoms with Crippen molar-refractivity contribution < 1.29 is 4.74 Å². The van der Waals surface area contributed by atoms with Crippen molar-refractivity contribution in [3.63, 3.8) is 0 Å². The van der Waals surface area contributed by atoms with Crippen molar-refractivity contribution in [1.82, 2.24) is 5.32 Å². The zero-order chi connectivity index (χ0) is 13.8. The third-order valence-corrected chi connectivity index (χ3v) is 4.31. The molecule has 2 rings (SSSR count). The molecular weight excluding hydrogens is 254 g/mol. The van der Waals surface area contributed by atoms with Gasteiger partial charge in [0, 0.05) is 10.4 Å². The molecule has 3 heteroatoms. The number of aryl methyl sites for hydroxylation is 2. The zero-order valence-electron chi connectivity index (χ0n) is 12.0. The fourth-order valence-electron chi connectivity index (χ4n) is 2.29. The average molecular weight is 275 g/mol. The maximum absolute atomic E-state index is 5.78. The normalized spacial score (nSPS) is 12.4. The summed E-state index contributed by atoms with van der Waals surface area (Å²) >= 11 is 1.79. The molecule has 2 nitrogen and oxygen atoms in total. The minimum Gasteiger partial charge on any atom is -0.494 e. The van der Waals surface area contributed by atoms with Gasteiger partial charge in [0.25, 0.3) is 0 Å². The van der Waals surface area contributed by atoms with Crippen LogP contribution in [0.4, 0.5) is 0 Å². The molecule has 19 heavy (non-hydrogen) atoms. The first-order valence-corrected chi connectivity index (χ1v) is 7.50. The molecule has 1 aromatic heterocycles. The fourth-order valence-corrected chi connectivity index (χ4v) is 3.34. The molecule has 0 radical (unpaired) electrons. The molecule has 2 aromatic rings. The predicted octanol–water partition coefficient (Wildman–Crippen LogP) is 4.07. The van der Waals surface area contributed by atoms with Gasteiger partial charge in [-0.3, -0.25) is 0 Å². The van der Waals surface area contributed by atoms with E-state index in [1.54, 1.807) is 11.3 Å². The van der Waals surface area contributed by atoms with Crippen molar-refractivity contribution >= 4 is 11.3 Å². The van der Waals surface area contributed by atoms with Crippen LogP contribution < -0.4 is 10.1 Å². The molecule has 0 spiro atoms. The lowest BCUT2D eigenvalue weighted by atomic mass is 10.00. The van der Waals surface area contributed by atoms with Gasteiger partial charge in [0.2, 0.25) is 0 Å². The highest BCUT2D eigenvalue weighted by Crippen LogP contribution is 2.34. The summed E-state index contributed by atoms with van der Waals surface area (Å²) in [5.74, 6) is 0.972. The largest absolute Gasteiger partial charge is 0.494 e. The number of benzene rings is 1. The van der Waals surface area contributed by atoms with E-state index in [0.29, 0.717) is 6.61 Å². The lowest BCUT2D eigenvalue weighted by Crippen LogP contribution is -2.18. The topological polar surface area (TPSA) is 21.3 Å². The maximum Gasteiger partial charge on any atom is 0.124 e. The molecule has 0 aliphatic carbocycles. The summed E-state index contributed by atoms with van der Waals surface area (Å²) in [7, 11) is 2.00. The minimum absolute atomic E-state index is 0.196. The van der Waals surface area contributed by atoms with E-state index in [1.165, 1.54) is 21.6 Å². The molecule has 1 unspecified atom stereocenters. The van der Waals surface area contributed by atoms with Crippen LogP contribution in [0.1, 0.15) is 34.5 Å². The predicted molar refractivity (Wildman–Crippen MR) is 82.3 cm³/mol. The van der Waals surface area contributed by atoms with Crippen LogP contribution in [0, 0.1) is 13.8 Å². The van der Waals surface area contributed by atoms with Crippen LogP contribution in [0.3, 0.4) is 0 Å². The summed E-state index contributed by atoms with van der Waals surface area (Å²) < 4.78 is 5.78. The molecule has 1 heterocycles. The highest BCUT2D eigenvalue weighted by atomic mass is 32.1. The van der Waals surface area contributed by atoms with Gasteiger partial charge in [0.1, 0.15) is 5.75 Å². The van der Waals surface area contributed by atoms with Crippen LogP contribution in [0.15, 0.2) is 29.6 Å². The van der Waals surface area contributed by atoms with E-state index in [0.717, 1.165) is 5.75 Å². The molecule has 0 bridgehead atoms. The lowest BCUT2D eigenvalue weighted by molar-refractivity contribution is 0.334. The second-order valence-electron chi connectivity index (χ2n) is 4.66. The van der Waals surface area contributed by atoms with E-state index in [4.69, 9.17) is 4.74 Å². The van der Waals surface area contributed by atoms with Gasteiger partial charge in [-0.15, -0.1) is 11.3 Å². The van der Waals surface area contributed by atoms with E-state index >= 15 is 0 Å². The van der Waals surface area contributed by atoms with Crippen LogP contribution in [0.2, 0.25) is 0 Å². The van der Waals surface area contributed by atoms with Crippen molar-refractivity contribution in [1.29, 1.82) is 0 Å². The maximum atomic E-state index is 5.78. The zero-order valence-corrected chi connectivity index (χ0v) is 12.8. The monoisotopic (exact) mass is 275 g/mol. The van der Waals surface area contributed by atoms with E-state index in [9.17, 15) is 0 Å². The number of hydrogen-bond acceptors (Lipinski definition) is 3. The van der Waals surface area contributed by atoms with Crippen molar-refractivity contribution in [3.05, 3.63) is 51.2 Å². The molecule has 0 fully saturated rings. The Kier molecular flexibility index (Phi) is 4.61. The Labute approximate surface area is 119 Å². The Morgan fingerprint density at radius 1 is 1.26 bits per heavy atom. The number of ether oxygens (including phenoxy) is 1. The van der Waals surface area contributed by atoms with Gasteiger partial charge in [-0.1, -0.05) is 17.7 Å². The van der Waals surface area contributed by atoms with E-state index in [2.05, 4.69) is 48.8 Å². The quantitative estimate of drug-likeness (QED) is 0.888. The summed E-state index contributed by atoms with van der Waals surface area (Å²) in [6.07, 6.45) is 0. The lowest BCUT2D eigenvalue weighted by Gasteiger charge is -2.20. The van der Waals surface area contributed by atoms with E-state index in [-0.39, 0.29) is 6.04 Å². The number of hydrogen-bond donors (Lipinski definition) is 1. The van der Waals surface area contributed by atoms with Gasteiger partial charge >= 0.3 is 0 Å². The summed E-state index contributed by atoms with van der Waals surface area (Å²) in [4.78, 5) is 1.36. The number of thiophene rings is 1. The standard InChI is InChI=1S/C16H21NOS/c1-5-18-14-7-6-11(2)10-13(14)15(17-4)16-12(3)8-9-19-16/h6-10,15,17H,5H2,1-4H3. The van der Waals surface area contributed by atoms with Crippen LogP contribution in [0.25, 0.3) is 0 Å². The molecule has 102 valence electrons. The molecule has 0 saturated carbocycles. The van der Waals surface area contributed by atoms with Crippen molar-refractivity contribution in [3.8, 4) is 5.75 Å². The van der Waals surface area contributed by atoms with Gasteiger partial charge < -0.3 is 10.1 Å². The van der Waals surface area contributed by atoms with Gasteiger partial charge in [0.15, 0.2) is 0 Å². The molecule has 0 aliphatic rings. The van der Waals surface area contributed by atoms with Crippen molar-refractivity contribution in [2.75, 3.05) is 13.7 Å². The summed E-state index contributed by atoms with van der Waals surface area (Å²) in [5.41, 5.74) is 3.80. The molecule has 1 N–H and O–H groups in total. The first-order chi connectivity index (χ1) is 9.17. The Bertz CT molecular complexity index is 547. The third-order valence-electron chi connectivity index (χ3n) is 3.23. The van der Waals surface area contributed by atoms with Crippen molar-refractivity contribution in [2.45, 2.75) is 26.8 Å². The van der Waals surface area contributed by atoms with Gasteiger partial charge in [-0.05, 0) is 50.9 Å². The van der Waals surface area contributed by atoms with Gasteiger partial charge in [0.05, 0.1) is 12.6 Å². The second kappa shape index (κ2) is 6.22. The first-order valence-electron chi connectivity index (χ1n) is 6.62. The molecule has 0 amide bonds. The summed E-state index contributed by atoms with van der Waals surface area (Å²) in [6.45, 7) is 6.99. The van der Waals surface area contributed by atoms with E-state index < -0.39 is 0 Å². The third kappa shape index (κ3) is 2.99. The first kappa shape index (κ1) is 14.1. The van der Waals surface area contributed by atoms with Gasteiger partial charge in [-0.2, -0.15) is 0 Å². The molecule has 1 aromatic carbocycles. The van der Waals surface area contributed by atoms with Crippen LogP contribution >= 0.6 is 11.3 Å². The Morgan fingerprint density at radius 3 is 2.63 bits per heavy atom. The Morgan fingerprint density at radius 2 is 2.05 bits per heavy atom. The highest BCUT2D eigenvalue weighted by molar-refractivity contribution is 7.10. The number of rotatable bonds is 5. The van der Waals surface area contributed by atoms with Crippen LogP contribution in [0.5, 0.6) is 5.75 Å². The van der Waals surface area contributed by atoms with Gasteiger partial charge in [-0.25, -0.2) is 0 Å². The molecule has 0 saturated heterocycles. The number of nitrogens with one attached hydrogen (secondary N) is 1. The minimum atomic E-state index is 0.196. The Hall–Kier alpha value is -1.32. The smallest absolute Gasteiger partial charge is 0.124 e. The van der Waals surface area contributed by atoms with Crippen LogP contribution in [-0.2, 0) is 0 Å². The molecule has 1 atom stereocenters. The molecule has 0 aliphatic heterocycles. The average Bonchev–Trinajstić information content (AvgIpc) is 2.80. The van der Waals surface area contributed by atoms with E-state index in [1.807, 2.05) is 14.0 Å². The SMILES string of the molecule is CCOc1ccc(C)cc1C(NC)c1sccc1C. The van der Waals surface area contributed by atoms with Crippen LogP contribution in [-0.4, -0.2) is 13.7 Å². The highest BCUT2D eigenvalue weighted by Gasteiger charge is 2.19. The second-order valence-corrected chi connectivity index (χ2v) is 5.61. The Balaban J connectivity index is 2.48. The molecular formula is C16H21NOS.